The van der Waals surface area contributed by atoms with E-state index in [2.05, 4.69) is 49.2 Å². The first-order chi connectivity index (χ1) is 9.97. The second-order valence-electron chi connectivity index (χ2n) is 6.35. The molecule has 116 valence electrons. The summed E-state index contributed by atoms with van der Waals surface area (Å²) in [6.07, 6.45) is 4.28. The number of hydrogen-bond donors (Lipinski definition) is 2. The van der Waals surface area contributed by atoms with E-state index < -0.39 is 0 Å². The van der Waals surface area contributed by atoms with Gasteiger partial charge >= 0.3 is 0 Å². The van der Waals surface area contributed by atoms with E-state index in [-0.39, 0.29) is 6.10 Å². The third-order valence-corrected chi connectivity index (χ3v) is 3.43. The monoisotopic (exact) mass is 290 g/mol. The molecule has 0 aromatic carbocycles. The number of aliphatic hydroxyl groups excluding tert-OH is 1. The summed E-state index contributed by atoms with van der Waals surface area (Å²) in [4.78, 5) is 4.51. The van der Waals surface area contributed by atoms with Crippen LogP contribution < -0.4 is 5.32 Å². The zero-order valence-electron chi connectivity index (χ0n) is 13.4. The second kappa shape index (κ2) is 7.00. The van der Waals surface area contributed by atoms with E-state index in [1.54, 1.807) is 0 Å². The minimum atomic E-state index is -0.287. The molecule has 0 aliphatic heterocycles. The quantitative estimate of drug-likeness (QED) is 0.822. The van der Waals surface area contributed by atoms with Crippen molar-refractivity contribution < 1.29 is 5.11 Å². The molecule has 2 heterocycles. The molecule has 0 bridgehead atoms. The van der Waals surface area contributed by atoms with Crippen LogP contribution in [0.3, 0.4) is 0 Å². The Morgan fingerprint density at radius 2 is 2.00 bits per heavy atom. The maximum absolute atomic E-state index is 9.84. The van der Waals surface area contributed by atoms with Gasteiger partial charge in [0.2, 0.25) is 0 Å². The smallest absolute Gasteiger partial charge is 0.157 e. The Labute approximate surface area is 126 Å². The van der Waals surface area contributed by atoms with E-state index in [0.717, 1.165) is 23.0 Å². The van der Waals surface area contributed by atoms with Crippen LogP contribution in [-0.2, 0) is 6.54 Å². The fourth-order valence-electron chi connectivity index (χ4n) is 2.47. The van der Waals surface area contributed by atoms with Gasteiger partial charge in [-0.15, -0.1) is 0 Å². The van der Waals surface area contributed by atoms with Gasteiger partial charge < -0.3 is 10.4 Å². The van der Waals surface area contributed by atoms with Crippen molar-refractivity contribution in [2.24, 2.45) is 5.92 Å². The summed E-state index contributed by atoms with van der Waals surface area (Å²) < 4.78 is 1.93. The Balaban J connectivity index is 1.94. The van der Waals surface area contributed by atoms with Gasteiger partial charge in [-0.1, -0.05) is 13.8 Å². The lowest BCUT2D eigenvalue weighted by molar-refractivity contribution is 0.146. The predicted octanol–water partition coefficient (Wildman–Crippen LogP) is 2.51. The maximum Gasteiger partial charge on any atom is 0.157 e. The summed E-state index contributed by atoms with van der Waals surface area (Å²) in [6, 6.07) is 2.42. The number of fused-ring (bicyclic) bond motifs is 1. The number of rotatable bonds is 7. The van der Waals surface area contributed by atoms with Crippen molar-refractivity contribution in [3.63, 3.8) is 0 Å². The van der Waals surface area contributed by atoms with Crippen LogP contribution in [0.25, 0.3) is 11.0 Å². The number of nitrogens with zero attached hydrogens (tertiary/aromatic N) is 3. The lowest BCUT2D eigenvalue weighted by Crippen LogP contribution is -2.27. The highest BCUT2D eigenvalue weighted by Gasteiger charge is 2.09. The van der Waals surface area contributed by atoms with E-state index in [9.17, 15) is 5.11 Å². The van der Waals surface area contributed by atoms with Gasteiger partial charge in [-0.3, -0.25) is 0 Å². The van der Waals surface area contributed by atoms with Crippen LogP contribution in [0.15, 0.2) is 18.5 Å². The van der Waals surface area contributed by atoms with E-state index >= 15 is 0 Å². The molecule has 1 atom stereocenters. The zero-order valence-corrected chi connectivity index (χ0v) is 13.4. The van der Waals surface area contributed by atoms with E-state index in [1.807, 2.05) is 17.1 Å². The van der Waals surface area contributed by atoms with Crippen LogP contribution in [-0.4, -0.2) is 32.5 Å². The fourth-order valence-corrected chi connectivity index (χ4v) is 2.47. The molecule has 0 saturated heterocycles. The summed E-state index contributed by atoms with van der Waals surface area (Å²) in [5.41, 5.74) is 2.04. The molecule has 2 rings (SSSR count). The molecule has 0 aliphatic rings. The van der Waals surface area contributed by atoms with Crippen molar-refractivity contribution in [3.8, 4) is 0 Å². The summed E-state index contributed by atoms with van der Waals surface area (Å²) >= 11 is 0. The molecule has 0 fully saturated rings. The molecule has 5 nitrogen and oxygen atoms in total. The highest BCUT2D eigenvalue weighted by Crippen LogP contribution is 2.16. The predicted molar refractivity (Wildman–Crippen MR) is 85.1 cm³/mol. The normalized spacial score (nSPS) is 13.5. The molecule has 21 heavy (non-hydrogen) atoms. The number of aromatic nitrogens is 3. The Hall–Kier alpha value is -1.46. The van der Waals surface area contributed by atoms with Crippen LogP contribution in [0, 0.1) is 5.92 Å². The van der Waals surface area contributed by atoms with Gasteiger partial charge in [-0.05, 0) is 37.8 Å². The molecule has 2 N–H and O–H groups in total. The van der Waals surface area contributed by atoms with Crippen LogP contribution in [0.4, 0.5) is 0 Å². The molecule has 0 aliphatic carbocycles. The molecule has 2 aromatic rings. The first kappa shape index (κ1) is 15.9. The topological polar surface area (TPSA) is 63.0 Å². The van der Waals surface area contributed by atoms with Gasteiger partial charge in [0.15, 0.2) is 5.65 Å². The summed E-state index contributed by atoms with van der Waals surface area (Å²) in [5, 5.41) is 18.6. The number of aliphatic hydroxyl groups is 1. The molecule has 0 radical (unpaired) electrons. The van der Waals surface area contributed by atoms with Crippen molar-refractivity contribution in [2.45, 2.75) is 52.8 Å². The lowest BCUT2D eigenvalue weighted by atomic mass is 10.1. The van der Waals surface area contributed by atoms with Gasteiger partial charge in [0, 0.05) is 30.7 Å². The maximum atomic E-state index is 9.84. The third kappa shape index (κ3) is 4.25. The van der Waals surface area contributed by atoms with Crippen LogP contribution >= 0.6 is 0 Å². The molecule has 0 spiro atoms. The first-order valence-electron chi connectivity index (χ1n) is 7.68. The second-order valence-corrected chi connectivity index (χ2v) is 6.35. The fraction of sp³-hybridized carbons (Fsp3) is 0.625. The Morgan fingerprint density at radius 3 is 2.67 bits per heavy atom. The molecule has 1 unspecified atom stereocenters. The van der Waals surface area contributed by atoms with Crippen molar-refractivity contribution >= 4 is 11.0 Å². The van der Waals surface area contributed by atoms with Crippen LogP contribution in [0.5, 0.6) is 0 Å². The average molecular weight is 290 g/mol. The summed E-state index contributed by atoms with van der Waals surface area (Å²) in [6.45, 7) is 9.76. The minimum absolute atomic E-state index is 0.287. The molecule has 2 aromatic heterocycles. The largest absolute Gasteiger partial charge is 0.392 e. The average Bonchev–Trinajstić information content (AvgIpc) is 2.80. The van der Waals surface area contributed by atoms with Crippen molar-refractivity contribution in [1.29, 1.82) is 0 Å². The Bertz CT molecular complexity index is 577. The number of pyridine rings is 1. The molecular weight excluding hydrogens is 264 g/mol. The molecule has 5 heteroatoms. The van der Waals surface area contributed by atoms with Crippen LogP contribution in [0.2, 0.25) is 0 Å². The Morgan fingerprint density at radius 1 is 1.24 bits per heavy atom. The Kier molecular flexibility index (Phi) is 5.31. The third-order valence-electron chi connectivity index (χ3n) is 3.43. The highest BCUT2D eigenvalue weighted by atomic mass is 16.3. The van der Waals surface area contributed by atoms with Gasteiger partial charge in [0.25, 0.3) is 0 Å². The SMILES string of the molecule is CC(C)CC(O)CNCc1cnc2c(cnn2C(C)C)c1. The highest BCUT2D eigenvalue weighted by molar-refractivity contribution is 5.75. The van der Waals surface area contributed by atoms with Gasteiger partial charge in [-0.2, -0.15) is 5.10 Å². The van der Waals surface area contributed by atoms with E-state index in [4.69, 9.17) is 0 Å². The number of hydrogen-bond acceptors (Lipinski definition) is 4. The molecular formula is C16H26N4O. The zero-order chi connectivity index (χ0) is 15.4. The van der Waals surface area contributed by atoms with Gasteiger partial charge in [0.1, 0.15) is 0 Å². The van der Waals surface area contributed by atoms with Crippen molar-refractivity contribution in [2.75, 3.05) is 6.54 Å². The van der Waals surface area contributed by atoms with Gasteiger partial charge in [0.05, 0.1) is 12.3 Å². The van der Waals surface area contributed by atoms with E-state index in [1.165, 1.54) is 0 Å². The van der Waals surface area contributed by atoms with Crippen molar-refractivity contribution in [3.05, 3.63) is 24.0 Å². The lowest BCUT2D eigenvalue weighted by Gasteiger charge is -2.13. The molecule has 0 amide bonds. The molecule has 0 saturated carbocycles. The summed E-state index contributed by atoms with van der Waals surface area (Å²) in [7, 11) is 0. The standard InChI is InChI=1S/C16H26N4O/c1-11(2)5-15(21)10-17-7-13-6-14-9-19-20(12(3)4)16(14)18-8-13/h6,8-9,11-12,15,17,21H,5,7,10H2,1-4H3. The summed E-state index contributed by atoms with van der Waals surface area (Å²) in [5.74, 6) is 0.515. The van der Waals surface area contributed by atoms with E-state index in [0.29, 0.717) is 25.0 Å². The first-order valence-corrected chi connectivity index (χ1v) is 7.68. The van der Waals surface area contributed by atoms with Crippen LogP contribution in [0.1, 0.15) is 45.7 Å². The number of nitrogens with one attached hydrogen (secondary N) is 1. The van der Waals surface area contributed by atoms with Gasteiger partial charge in [-0.25, -0.2) is 9.67 Å². The van der Waals surface area contributed by atoms with Crippen molar-refractivity contribution in [1.82, 2.24) is 20.1 Å². The minimum Gasteiger partial charge on any atom is -0.392 e.